The zero-order chi connectivity index (χ0) is 34.9. The molecule has 0 aromatic carbocycles. The van der Waals surface area contributed by atoms with E-state index in [2.05, 4.69) is 26.0 Å². The van der Waals surface area contributed by atoms with Gasteiger partial charge in [-0.1, -0.05) is 206 Å². The topological polar surface area (TPSA) is 55.8 Å². The number of ether oxygens (including phenoxy) is 2. The standard InChI is InChI=1S/C44H86O4/c1-3-5-7-9-11-13-15-16-17-18-19-20-21-22-23-24-25-26-27-28-29-31-33-35-37-39-44(46)48-43(41-45)42-47-40-38-36-34-32-30-14-12-10-8-6-4-2/h18-19,43,45H,3-17,20-42H2,1-2H3/b19-18-. The van der Waals surface area contributed by atoms with Gasteiger partial charge in [0.2, 0.25) is 0 Å². The minimum Gasteiger partial charge on any atom is -0.457 e. The molecular weight excluding hydrogens is 592 g/mol. The number of carbonyl (C=O) groups is 1. The molecule has 0 aromatic heterocycles. The lowest BCUT2D eigenvalue weighted by Crippen LogP contribution is -2.27. The van der Waals surface area contributed by atoms with Gasteiger partial charge in [0.25, 0.3) is 0 Å². The number of esters is 1. The van der Waals surface area contributed by atoms with Crippen molar-refractivity contribution in [2.75, 3.05) is 19.8 Å². The molecule has 286 valence electrons. The Morgan fingerprint density at radius 1 is 0.479 bits per heavy atom. The highest BCUT2D eigenvalue weighted by molar-refractivity contribution is 5.69. The predicted octanol–water partition coefficient (Wildman–Crippen LogP) is 14.2. The Labute approximate surface area is 301 Å². The van der Waals surface area contributed by atoms with Crippen LogP contribution in [-0.4, -0.2) is 37.0 Å². The normalized spacial score (nSPS) is 12.3. The zero-order valence-corrected chi connectivity index (χ0v) is 32.8. The second-order valence-corrected chi connectivity index (χ2v) is 14.8. The number of rotatable bonds is 41. The van der Waals surface area contributed by atoms with E-state index < -0.39 is 6.10 Å². The summed E-state index contributed by atoms with van der Waals surface area (Å²) in [6.07, 6.45) is 49.9. The lowest BCUT2D eigenvalue weighted by Gasteiger charge is -2.16. The van der Waals surface area contributed by atoms with E-state index in [9.17, 15) is 9.90 Å². The van der Waals surface area contributed by atoms with Crippen LogP contribution in [0.25, 0.3) is 0 Å². The Kier molecular flexibility index (Phi) is 41.5. The van der Waals surface area contributed by atoms with Crippen molar-refractivity contribution in [2.45, 2.75) is 245 Å². The molecule has 0 radical (unpaired) electrons. The van der Waals surface area contributed by atoms with Crippen molar-refractivity contribution in [1.29, 1.82) is 0 Å². The molecule has 0 bridgehead atoms. The number of aliphatic hydroxyl groups is 1. The summed E-state index contributed by atoms with van der Waals surface area (Å²) in [6.45, 7) is 5.38. The van der Waals surface area contributed by atoms with Gasteiger partial charge in [-0.05, 0) is 38.5 Å². The largest absolute Gasteiger partial charge is 0.457 e. The Hall–Kier alpha value is -0.870. The van der Waals surface area contributed by atoms with Crippen LogP contribution in [0.15, 0.2) is 12.2 Å². The van der Waals surface area contributed by atoms with E-state index in [4.69, 9.17) is 9.47 Å². The molecule has 0 heterocycles. The summed E-state index contributed by atoms with van der Waals surface area (Å²) in [5.74, 6) is -0.196. The summed E-state index contributed by atoms with van der Waals surface area (Å²) in [5, 5.41) is 9.57. The summed E-state index contributed by atoms with van der Waals surface area (Å²) in [5.41, 5.74) is 0. The molecule has 0 rings (SSSR count). The maximum absolute atomic E-state index is 12.2. The van der Waals surface area contributed by atoms with Crippen LogP contribution in [0.5, 0.6) is 0 Å². The molecule has 0 aliphatic heterocycles. The molecule has 1 atom stereocenters. The van der Waals surface area contributed by atoms with Crippen molar-refractivity contribution in [3.8, 4) is 0 Å². The number of hydrogen-bond acceptors (Lipinski definition) is 4. The minimum absolute atomic E-state index is 0.166. The van der Waals surface area contributed by atoms with Gasteiger partial charge >= 0.3 is 5.97 Å². The summed E-state index contributed by atoms with van der Waals surface area (Å²) in [7, 11) is 0. The van der Waals surface area contributed by atoms with Gasteiger partial charge in [-0.15, -0.1) is 0 Å². The van der Waals surface area contributed by atoms with Crippen LogP contribution < -0.4 is 0 Å². The maximum Gasteiger partial charge on any atom is 0.306 e. The maximum atomic E-state index is 12.2. The van der Waals surface area contributed by atoms with Gasteiger partial charge in [-0.25, -0.2) is 0 Å². The Bertz CT molecular complexity index is 633. The third kappa shape index (κ3) is 39.6. The lowest BCUT2D eigenvalue weighted by molar-refractivity contribution is -0.154. The van der Waals surface area contributed by atoms with Crippen molar-refractivity contribution in [2.24, 2.45) is 0 Å². The fourth-order valence-corrected chi connectivity index (χ4v) is 6.56. The zero-order valence-electron chi connectivity index (χ0n) is 32.8. The number of unbranched alkanes of at least 4 members (excludes halogenated alkanes) is 31. The second kappa shape index (κ2) is 42.3. The van der Waals surface area contributed by atoms with Crippen LogP contribution in [0.4, 0.5) is 0 Å². The fraction of sp³-hybridized carbons (Fsp3) is 0.932. The van der Waals surface area contributed by atoms with E-state index in [1.54, 1.807) is 0 Å². The molecule has 0 amide bonds. The molecule has 1 unspecified atom stereocenters. The number of carbonyl (C=O) groups excluding carboxylic acids is 1. The van der Waals surface area contributed by atoms with E-state index in [-0.39, 0.29) is 12.6 Å². The van der Waals surface area contributed by atoms with Crippen molar-refractivity contribution < 1.29 is 19.4 Å². The average Bonchev–Trinajstić information content (AvgIpc) is 3.09. The number of hydrogen-bond donors (Lipinski definition) is 1. The average molecular weight is 679 g/mol. The van der Waals surface area contributed by atoms with Crippen molar-refractivity contribution in [1.82, 2.24) is 0 Å². The summed E-state index contributed by atoms with van der Waals surface area (Å²) < 4.78 is 11.1. The van der Waals surface area contributed by atoms with Crippen molar-refractivity contribution in [3.63, 3.8) is 0 Å². The Balaban J connectivity index is 3.35. The molecule has 0 aliphatic rings. The molecule has 4 nitrogen and oxygen atoms in total. The first kappa shape index (κ1) is 47.1. The molecular formula is C44H86O4. The molecule has 1 N–H and O–H groups in total. The van der Waals surface area contributed by atoms with E-state index in [0.717, 1.165) is 19.3 Å². The molecule has 0 spiro atoms. The Morgan fingerprint density at radius 2 is 0.812 bits per heavy atom. The van der Waals surface area contributed by atoms with E-state index in [1.807, 2.05) is 0 Å². The third-order valence-electron chi connectivity index (χ3n) is 9.84. The first-order valence-corrected chi connectivity index (χ1v) is 21.8. The highest BCUT2D eigenvalue weighted by Crippen LogP contribution is 2.15. The fourth-order valence-electron chi connectivity index (χ4n) is 6.56. The van der Waals surface area contributed by atoms with Crippen LogP contribution in [0, 0.1) is 0 Å². The van der Waals surface area contributed by atoms with Gasteiger partial charge in [-0.2, -0.15) is 0 Å². The molecule has 0 aliphatic carbocycles. The molecule has 0 saturated heterocycles. The summed E-state index contributed by atoms with van der Waals surface area (Å²) >= 11 is 0. The quantitative estimate of drug-likeness (QED) is 0.0397. The molecule has 0 saturated carbocycles. The number of allylic oxidation sites excluding steroid dienone is 2. The van der Waals surface area contributed by atoms with Gasteiger partial charge < -0.3 is 14.6 Å². The van der Waals surface area contributed by atoms with Gasteiger partial charge in [0, 0.05) is 13.0 Å². The summed E-state index contributed by atoms with van der Waals surface area (Å²) in [6, 6.07) is 0. The van der Waals surface area contributed by atoms with Gasteiger partial charge in [0.15, 0.2) is 0 Å². The van der Waals surface area contributed by atoms with Crippen molar-refractivity contribution >= 4 is 5.97 Å². The first-order chi connectivity index (χ1) is 23.7. The highest BCUT2D eigenvalue weighted by Gasteiger charge is 2.13. The SMILES string of the molecule is CCCCCCCCCC/C=C\CCCCCCCCCCCCCCCC(=O)OC(CO)COCCCCCCCCCCCCC. The van der Waals surface area contributed by atoms with E-state index >= 15 is 0 Å². The molecule has 0 aromatic rings. The smallest absolute Gasteiger partial charge is 0.306 e. The van der Waals surface area contributed by atoms with Crippen LogP contribution in [-0.2, 0) is 14.3 Å². The van der Waals surface area contributed by atoms with E-state index in [0.29, 0.717) is 19.6 Å². The monoisotopic (exact) mass is 679 g/mol. The first-order valence-electron chi connectivity index (χ1n) is 21.8. The lowest BCUT2D eigenvalue weighted by atomic mass is 10.0. The summed E-state index contributed by atoms with van der Waals surface area (Å²) in [4.78, 5) is 12.2. The van der Waals surface area contributed by atoms with Gasteiger partial charge in [0.05, 0.1) is 13.2 Å². The number of aliphatic hydroxyl groups excluding tert-OH is 1. The van der Waals surface area contributed by atoms with Crippen LogP contribution >= 0.6 is 0 Å². The van der Waals surface area contributed by atoms with Crippen LogP contribution in [0.2, 0.25) is 0 Å². The molecule has 48 heavy (non-hydrogen) atoms. The highest BCUT2D eigenvalue weighted by atomic mass is 16.6. The predicted molar refractivity (Wildman–Crippen MR) is 210 cm³/mol. The van der Waals surface area contributed by atoms with Gasteiger partial charge in [-0.3, -0.25) is 4.79 Å². The van der Waals surface area contributed by atoms with Gasteiger partial charge in [0.1, 0.15) is 6.10 Å². The Morgan fingerprint density at radius 3 is 1.19 bits per heavy atom. The third-order valence-corrected chi connectivity index (χ3v) is 9.84. The minimum atomic E-state index is -0.526. The van der Waals surface area contributed by atoms with Crippen LogP contribution in [0.1, 0.15) is 239 Å². The molecule has 4 heteroatoms. The molecule has 0 fully saturated rings. The van der Waals surface area contributed by atoms with Crippen molar-refractivity contribution in [3.05, 3.63) is 12.2 Å². The van der Waals surface area contributed by atoms with E-state index in [1.165, 1.54) is 199 Å². The van der Waals surface area contributed by atoms with Crippen LogP contribution in [0.3, 0.4) is 0 Å². The second-order valence-electron chi connectivity index (χ2n) is 14.8.